The van der Waals surface area contributed by atoms with E-state index >= 15 is 0 Å². The first kappa shape index (κ1) is 32.4. The highest BCUT2D eigenvalue weighted by molar-refractivity contribution is 9.11. The van der Waals surface area contributed by atoms with Gasteiger partial charge in [0, 0.05) is 41.7 Å². The number of hydrogen-bond donors (Lipinski definition) is 1. The van der Waals surface area contributed by atoms with E-state index in [2.05, 4.69) is 42.9 Å². The van der Waals surface area contributed by atoms with Crippen LogP contribution in [0.3, 0.4) is 0 Å². The fraction of sp³-hybridized carbons (Fsp3) is 0.457. The summed E-state index contributed by atoms with van der Waals surface area (Å²) in [7, 11) is 1.41. The van der Waals surface area contributed by atoms with Crippen molar-refractivity contribution in [2.75, 3.05) is 37.5 Å². The minimum atomic E-state index is -0.529. The molecule has 4 atom stereocenters. The van der Waals surface area contributed by atoms with Crippen LogP contribution < -0.4 is 9.64 Å². The van der Waals surface area contributed by atoms with Crippen LogP contribution in [-0.4, -0.2) is 59.7 Å². The number of ether oxygens (including phenoxy) is 2. The summed E-state index contributed by atoms with van der Waals surface area (Å²) >= 11 is 11.8. The number of esters is 1. The summed E-state index contributed by atoms with van der Waals surface area (Å²) in [6.45, 7) is 2.09. The minimum Gasteiger partial charge on any atom is -0.490 e. The van der Waals surface area contributed by atoms with Gasteiger partial charge in [-0.1, -0.05) is 45.4 Å². The molecule has 0 saturated heterocycles. The minimum absolute atomic E-state index is 0.162. The molecule has 238 valence electrons. The topological polar surface area (TPSA) is 84.8 Å². The molecule has 3 aromatic rings. The molecule has 10 heteroatoms. The number of halogens is 2. The maximum atomic E-state index is 12.5. The van der Waals surface area contributed by atoms with Gasteiger partial charge in [-0.25, -0.2) is 14.8 Å². The molecule has 3 aliphatic rings. The van der Waals surface area contributed by atoms with Crippen LogP contribution in [0.15, 0.2) is 70.6 Å². The number of carbonyl (C=O) groups is 1. The summed E-state index contributed by atoms with van der Waals surface area (Å²) in [5.41, 5.74) is 3.81. The maximum Gasteiger partial charge on any atom is 0.337 e. The van der Waals surface area contributed by atoms with Crippen molar-refractivity contribution < 1.29 is 19.4 Å². The predicted octanol–water partition coefficient (Wildman–Crippen LogP) is 7.63. The van der Waals surface area contributed by atoms with Crippen molar-refractivity contribution in [3.8, 4) is 5.75 Å². The number of aromatic nitrogens is 2. The largest absolute Gasteiger partial charge is 0.490 e. The predicted molar refractivity (Wildman–Crippen MR) is 183 cm³/mol. The Balaban J connectivity index is 1.19. The van der Waals surface area contributed by atoms with Gasteiger partial charge in [0.15, 0.2) is 5.16 Å². The molecule has 0 radical (unpaired) electrons. The molecule has 1 aliphatic heterocycles. The van der Waals surface area contributed by atoms with E-state index in [0.717, 1.165) is 89.9 Å². The van der Waals surface area contributed by atoms with E-state index in [1.807, 2.05) is 30.3 Å². The van der Waals surface area contributed by atoms with Crippen LogP contribution in [0.2, 0.25) is 5.02 Å². The molecule has 1 unspecified atom stereocenters. The first-order chi connectivity index (χ1) is 21.8. The number of nitrogens with zero attached hydrogens (tertiary/aromatic N) is 3. The molecular formula is C35H39BrClN3O4S. The zero-order chi connectivity index (χ0) is 31.4. The Labute approximate surface area is 282 Å². The normalized spacial score (nSPS) is 23.3. The van der Waals surface area contributed by atoms with Crippen molar-refractivity contribution >= 4 is 50.9 Å². The highest BCUT2D eigenvalue weighted by Crippen LogP contribution is 2.47. The Morgan fingerprint density at radius 2 is 2.11 bits per heavy atom. The third-order valence-electron chi connectivity index (χ3n) is 9.51. The van der Waals surface area contributed by atoms with Crippen LogP contribution in [0.4, 0.5) is 5.69 Å². The van der Waals surface area contributed by atoms with Crippen LogP contribution in [-0.2, 0) is 16.6 Å². The van der Waals surface area contributed by atoms with E-state index < -0.39 is 6.10 Å². The molecule has 7 nitrogen and oxygen atoms in total. The van der Waals surface area contributed by atoms with Gasteiger partial charge in [-0.05, 0) is 115 Å². The lowest BCUT2D eigenvalue weighted by Crippen LogP contribution is -2.49. The number of carbonyl (C=O) groups excluding carboxylic acids is 1. The molecule has 2 heterocycles. The number of aliphatic hydroxyl groups excluding tert-OH is 1. The Bertz CT molecular complexity index is 1540. The maximum absolute atomic E-state index is 12.5. The third-order valence-corrected chi connectivity index (χ3v) is 11.4. The number of aryl methyl sites for hydroxylation is 1. The monoisotopic (exact) mass is 711 g/mol. The van der Waals surface area contributed by atoms with Gasteiger partial charge < -0.3 is 19.5 Å². The molecule has 6 rings (SSSR count). The molecule has 1 fully saturated rings. The van der Waals surface area contributed by atoms with Crippen molar-refractivity contribution in [1.29, 1.82) is 0 Å². The van der Waals surface area contributed by atoms with Gasteiger partial charge in [-0.15, -0.1) is 0 Å². The summed E-state index contributed by atoms with van der Waals surface area (Å²) in [6, 6.07) is 13.7. The van der Waals surface area contributed by atoms with Crippen LogP contribution >= 0.6 is 39.3 Å². The van der Waals surface area contributed by atoms with Gasteiger partial charge in [0.2, 0.25) is 0 Å². The average Bonchev–Trinajstić information content (AvgIpc) is 3.18. The van der Waals surface area contributed by atoms with E-state index in [1.54, 1.807) is 30.2 Å². The molecule has 45 heavy (non-hydrogen) atoms. The molecule has 2 aliphatic carbocycles. The number of anilines is 1. The van der Waals surface area contributed by atoms with Crippen LogP contribution in [0.5, 0.6) is 5.75 Å². The standard InChI is InChI=1S/C35H39BrClN3O4S/c1-43-33(42)24-8-12-32-30(18-24)40(21-35(22-44-32)13-2-5-23-17-27(37)9-11-29(23)35)20-25-7-10-28(25)31(41)19-26(36)6-3-16-45-34-38-14-4-15-39-34/h4,8-9,11-12,14-15,17-19,25,28,31,41H,2-3,5-7,10,13,16,20-22H2,1H3/b26-19-/t25-,28+,31+,35?/m0/s1. The lowest BCUT2D eigenvalue weighted by Gasteiger charge is -2.45. The summed E-state index contributed by atoms with van der Waals surface area (Å²) in [4.78, 5) is 23.5. The molecule has 0 amide bonds. The van der Waals surface area contributed by atoms with E-state index in [9.17, 15) is 9.90 Å². The van der Waals surface area contributed by atoms with Gasteiger partial charge in [-0.2, -0.15) is 0 Å². The number of fused-ring (bicyclic) bond motifs is 3. The number of methoxy groups -OCH3 is 1. The summed E-state index contributed by atoms with van der Waals surface area (Å²) in [6.07, 6.45) is 11.9. The van der Waals surface area contributed by atoms with Crippen molar-refractivity contribution in [3.05, 3.63) is 87.1 Å². The fourth-order valence-corrected chi connectivity index (χ4v) is 8.56. The zero-order valence-electron chi connectivity index (χ0n) is 25.5. The van der Waals surface area contributed by atoms with Crippen LogP contribution in [0.25, 0.3) is 0 Å². The van der Waals surface area contributed by atoms with Gasteiger partial charge in [-0.3, -0.25) is 0 Å². The Morgan fingerprint density at radius 3 is 2.89 bits per heavy atom. The zero-order valence-corrected chi connectivity index (χ0v) is 28.6. The van der Waals surface area contributed by atoms with Gasteiger partial charge >= 0.3 is 5.97 Å². The number of benzene rings is 2. The third kappa shape index (κ3) is 7.37. The Morgan fingerprint density at radius 1 is 1.27 bits per heavy atom. The smallest absolute Gasteiger partial charge is 0.337 e. The molecule has 0 bridgehead atoms. The lowest BCUT2D eigenvalue weighted by atomic mass is 9.68. The van der Waals surface area contributed by atoms with E-state index in [1.165, 1.54) is 18.2 Å². The molecule has 1 saturated carbocycles. The van der Waals surface area contributed by atoms with Crippen molar-refractivity contribution in [3.63, 3.8) is 0 Å². The molecule has 2 aromatic carbocycles. The fourth-order valence-electron chi connectivity index (χ4n) is 7.07. The van der Waals surface area contributed by atoms with E-state index in [4.69, 9.17) is 21.1 Å². The van der Waals surface area contributed by atoms with E-state index in [-0.39, 0.29) is 17.3 Å². The van der Waals surface area contributed by atoms with Crippen molar-refractivity contribution in [2.24, 2.45) is 11.8 Å². The first-order valence-electron chi connectivity index (χ1n) is 15.7. The summed E-state index contributed by atoms with van der Waals surface area (Å²) in [5, 5.41) is 12.9. The second kappa shape index (κ2) is 14.4. The van der Waals surface area contributed by atoms with Gasteiger partial charge in [0.1, 0.15) is 5.75 Å². The number of rotatable bonds is 10. The Hall–Kier alpha value is -2.59. The van der Waals surface area contributed by atoms with Gasteiger partial charge in [0.25, 0.3) is 0 Å². The number of aliphatic hydroxyl groups is 1. The summed E-state index contributed by atoms with van der Waals surface area (Å²) in [5.74, 6) is 1.79. The second-order valence-corrected chi connectivity index (χ2v) is 14.9. The first-order valence-corrected chi connectivity index (χ1v) is 17.8. The molecule has 1 spiro atoms. The molecular weight excluding hydrogens is 674 g/mol. The quantitative estimate of drug-likeness (QED) is 0.0995. The number of allylic oxidation sites excluding steroid dienone is 1. The van der Waals surface area contributed by atoms with Crippen LogP contribution in [0.1, 0.15) is 60.0 Å². The highest BCUT2D eigenvalue weighted by atomic mass is 79.9. The van der Waals surface area contributed by atoms with Crippen molar-refractivity contribution in [1.82, 2.24) is 9.97 Å². The number of thioether (sulfide) groups is 1. The molecule has 1 aromatic heterocycles. The van der Waals surface area contributed by atoms with E-state index in [0.29, 0.717) is 18.1 Å². The Kier molecular flexibility index (Phi) is 10.4. The number of hydrogen-bond acceptors (Lipinski definition) is 8. The second-order valence-electron chi connectivity index (χ2n) is 12.4. The SMILES string of the molecule is COC(=O)c1ccc2c(c1)N(C[C@@H]1CC[C@H]1[C@H](O)/C=C(\Br)CCCSc1ncccn1)CC1(CCCc3cc(Cl)ccc31)CO2. The highest BCUT2D eigenvalue weighted by Gasteiger charge is 2.44. The summed E-state index contributed by atoms with van der Waals surface area (Å²) < 4.78 is 12.6. The van der Waals surface area contributed by atoms with Crippen molar-refractivity contribution in [2.45, 2.75) is 61.6 Å². The lowest BCUT2D eigenvalue weighted by molar-refractivity contribution is 0.0455. The van der Waals surface area contributed by atoms with Crippen LogP contribution in [0, 0.1) is 11.8 Å². The van der Waals surface area contributed by atoms with Gasteiger partial charge in [0.05, 0.1) is 31.1 Å². The average molecular weight is 713 g/mol. The molecule has 1 N–H and O–H groups in total.